The van der Waals surface area contributed by atoms with Gasteiger partial charge in [-0.25, -0.2) is 0 Å². The van der Waals surface area contributed by atoms with Gasteiger partial charge < -0.3 is 10.5 Å². The molecule has 1 aliphatic heterocycles. The van der Waals surface area contributed by atoms with Crippen LogP contribution < -0.4 is 10.5 Å². The lowest BCUT2D eigenvalue weighted by Gasteiger charge is -2.38. The Bertz CT molecular complexity index is 427. The highest BCUT2D eigenvalue weighted by Gasteiger charge is 2.26. The van der Waals surface area contributed by atoms with Gasteiger partial charge in [-0.05, 0) is 70.7 Å². The van der Waals surface area contributed by atoms with Gasteiger partial charge in [0.1, 0.15) is 5.75 Å². The maximum atomic E-state index is 6.09. The molecule has 2 rings (SSSR count). The molecule has 0 radical (unpaired) electrons. The number of likely N-dealkylation sites (tertiary alicyclic amines) is 1. The third-order valence-electron chi connectivity index (χ3n) is 4.51. The Hall–Kier alpha value is -1.06. The number of piperidine rings is 1. The molecule has 0 bridgehead atoms. The van der Waals surface area contributed by atoms with Crippen LogP contribution in [0, 0.1) is 5.92 Å². The third kappa shape index (κ3) is 4.45. The van der Waals surface area contributed by atoms with Gasteiger partial charge in [-0.2, -0.15) is 0 Å². The molecule has 3 nitrogen and oxygen atoms in total. The second kappa shape index (κ2) is 7.28. The van der Waals surface area contributed by atoms with Crippen molar-refractivity contribution in [2.75, 3.05) is 13.1 Å². The fourth-order valence-corrected chi connectivity index (χ4v) is 3.13. The van der Waals surface area contributed by atoms with Crippen molar-refractivity contribution in [3.8, 4) is 5.75 Å². The average Bonchev–Trinajstić information content (AvgIpc) is 2.47. The van der Waals surface area contributed by atoms with Crippen molar-refractivity contribution in [3.63, 3.8) is 0 Å². The molecular weight excluding hydrogens is 260 g/mol. The number of rotatable bonds is 5. The van der Waals surface area contributed by atoms with Gasteiger partial charge in [-0.3, -0.25) is 4.90 Å². The van der Waals surface area contributed by atoms with Crippen molar-refractivity contribution in [2.45, 2.75) is 58.7 Å². The minimum absolute atomic E-state index is 0.224. The monoisotopic (exact) mass is 290 g/mol. The molecule has 1 aromatic rings. The van der Waals surface area contributed by atoms with Crippen molar-refractivity contribution >= 4 is 0 Å². The molecule has 118 valence electrons. The molecule has 1 saturated heterocycles. The van der Waals surface area contributed by atoms with Gasteiger partial charge in [0.2, 0.25) is 0 Å². The van der Waals surface area contributed by atoms with Crippen molar-refractivity contribution in [1.82, 2.24) is 4.90 Å². The van der Waals surface area contributed by atoms with Crippen molar-refractivity contribution in [3.05, 3.63) is 29.8 Å². The van der Waals surface area contributed by atoms with Crippen LogP contribution in [0.4, 0.5) is 0 Å². The number of nitrogens with two attached hydrogens (primary N) is 1. The van der Waals surface area contributed by atoms with Crippen LogP contribution in [-0.2, 0) is 0 Å². The number of hydrogen-bond donors (Lipinski definition) is 1. The molecule has 2 N–H and O–H groups in total. The maximum absolute atomic E-state index is 6.09. The molecule has 3 unspecified atom stereocenters. The standard InChI is InChI=1S/C18H30N2O/c1-13(2)21-18-9-7-16(8-10-18)15(4)20-11-5-6-17(12-20)14(3)19/h7-10,13-15,17H,5-6,11-12,19H2,1-4H3. The summed E-state index contributed by atoms with van der Waals surface area (Å²) in [5.41, 5.74) is 7.45. The summed E-state index contributed by atoms with van der Waals surface area (Å²) >= 11 is 0. The third-order valence-corrected chi connectivity index (χ3v) is 4.51. The molecule has 0 aromatic heterocycles. The smallest absolute Gasteiger partial charge is 0.119 e. The fourth-order valence-electron chi connectivity index (χ4n) is 3.13. The van der Waals surface area contributed by atoms with Crippen molar-refractivity contribution < 1.29 is 4.74 Å². The van der Waals surface area contributed by atoms with Crippen LogP contribution in [0.15, 0.2) is 24.3 Å². The average molecular weight is 290 g/mol. The van der Waals surface area contributed by atoms with Crippen LogP contribution in [0.2, 0.25) is 0 Å². The fraction of sp³-hybridized carbons (Fsp3) is 0.667. The predicted molar refractivity (Wildman–Crippen MR) is 88.6 cm³/mol. The van der Waals surface area contributed by atoms with E-state index in [-0.39, 0.29) is 6.10 Å². The summed E-state index contributed by atoms with van der Waals surface area (Å²) in [6, 6.07) is 9.29. The molecular formula is C18H30N2O. The quantitative estimate of drug-likeness (QED) is 0.900. The Labute approximate surface area is 129 Å². The van der Waals surface area contributed by atoms with Crippen LogP contribution in [0.3, 0.4) is 0 Å². The molecule has 0 spiro atoms. The first-order valence-corrected chi connectivity index (χ1v) is 8.23. The van der Waals surface area contributed by atoms with E-state index in [1.165, 1.54) is 24.9 Å². The number of ether oxygens (including phenoxy) is 1. The van der Waals surface area contributed by atoms with E-state index < -0.39 is 0 Å². The summed E-state index contributed by atoms with van der Waals surface area (Å²) in [5, 5.41) is 0. The zero-order chi connectivity index (χ0) is 15.4. The minimum Gasteiger partial charge on any atom is -0.491 e. The van der Waals surface area contributed by atoms with Crippen molar-refractivity contribution in [1.29, 1.82) is 0 Å². The molecule has 21 heavy (non-hydrogen) atoms. The van der Waals surface area contributed by atoms with E-state index in [9.17, 15) is 0 Å². The largest absolute Gasteiger partial charge is 0.491 e. The van der Waals surface area contributed by atoms with E-state index in [2.05, 4.69) is 56.9 Å². The van der Waals surface area contributed by atoms with Crippen LogP contribution in [0.1, 0.15) is 52.1 Å². The zero-order valence-electron chi connectivity index (χ0n) is 13.9. The molecule has 1 aliphatic rings. The summed E-state index contributed by atoms with van der Waals surface area (Å²) in [7, 11) is 0. The van der Waals surface area contributed by atoms with Gasteiger partial charge in [0.05, 0.1) is 6.10 Å². The lowest BCUT2D eigenvalue weighted by molar-refractivity contribution is 0.121. The van der Waals surface area contributed by atoms with Gasteiger partial charge in [0.25, 0.3) is 0 Å². The lowest BCUT2D eigenvalue weighted by atomic mass is 9.90. The Kier molecular flexibility index (Phi) is 5.65. The minimum atomic E-state index is 0.224. The Morgan fingerprint density at radius 1 is 1.14 bits per heavy atom. The highest BCUT2D eigenvalue weighted by atomic mass is 16.5. The molecule has 1 fully saturated rings. The highest BCUT2D eigenvalue weighted by molar-refractivity contribution is 5.29. The normalized spacial score (nSPS) is 23.0. The van der Waals surface area contributed by atoms with Crippen LogP contribution in [0.25, 0.3) is 0 Å². The first-order valence-electron chi connectivity index (χ1n) is 8.23. The van der Waals surface area contributed by atoms with Gasteiger partial charge in [-0.1, -0.05) is 12.1 Å². The van der Waals surface area contributed by atoms with Gasteiger partial charge in [-0.15, -0.1) is 0 Å². The van der Waals surface area contributed by atoms with Gasteiger partial charge in [0.15, 0.2) is 0 Å². The van der Waals surface area contributed by atoms with E-state index in [4.69, 9.17) is 10.5 Å². The lowest BCUT2D eigenvalue weighted by Crippen LogP contribution is -2.43. The van der Waals surface area contributed by atoms with E-state index in [0.717, 1.165) is 12.3 Å². The van der Waals surface area contributed by atoms with Gasteiger partial charge >= 0.3 is 0 Å². The van der Waals surface area contributed by atoms with E-state index in [0.29, 0.717) is 18.0 Å². The Morgan fingerprint density at radius 3 is 2.38 bits per heavy atom. The van der Waals surface area contributed by atoms with Crippen LogP contribution >= 0.6 is 0 Å². The second-order valence-electron chi connectivity index (χ2n) is 6.67. The maximum Gasteiger partial charge on any atom is 0.119 e. The first-order chi connectivity index (χ1) is 9.97. The topological polar surface area (TPSA) is 38.5 Å². The Balaban J connectivity index is 2.00. The second-order valence-corrected chi connectivity index (χ2v) is 6.67. The summed E-state index contributed by atoms with van der Waals surface area (Å²) in [6.45, 7) is 10.8. The summed E-state index contributed by atoms with van der Waals surface area (Å²) in [4.78, 5) is 2.57. The van der Waals surface area contributed by atoms with Crippen molar-refractivity contribution in [2.24, 2.45) is 11.7 Å². The van der Waals surface area contributed by atoms with Gasteiger partial charge in [0, 0.05) is 18.6 Å². The molecule has 1 heterocycles. The predicted octanol–water partition coefficient (Wildman–Crippen LogP) is 3.59. The molecule has 0 aliphatic carbocycles. The molecule has 0 amide bonds. The summed E-state index contributed by atoms with van der Waals surface area (Å²) in [6.07, 6.45) is 2.75. The van der Waals surface area contributed by atoms with Crippen LogP contribution in [0.5, 0.6) is 5.75 Å². The first kappa shape index (κ1) is 16.3. The summed E-state index contributed by atoms with van der Waals surface area (Å²) < 4.78 is 5.71. The zero-order valence-corrected chi connectivity index (χ0v) is 13.9. The Morgan fingerprint density at radius 2 is 1.81 bits per heavy atom. The van der Waals surface area contributed by atoms with Crippen LogP contribution in [-0.4, -0.2) is 30.1 Å². The van der Waals surface area contributed by atoms with E-state index >= 15 is 0 Å². The number of benzene rings is 1. The molecule has 0 saturated carbocycles. The summed E-state index contributed by atoms with van der Waals surface area (Å²) in [5.74, 6) is 1.58. The number of hydrogen-bond acceptors (Lipinski definition) is 3. The molecule has 3 heteroatoms. The SMILES string of the molecule is CC(C)Oc1ccc(C(C)N2CCCC(C(C)N)C2)cc1. The van der Waals surface area contributed by atoms with E-state index in [1.807, 2.05) is 0 Å². The van der Waals surface area contributed by atoms with E-state index in [1.54, 1.807) is 0 Å². The highest BCUT2D eigenvalue weighted by Crippen LogP contribution is 2.28. The molecule has 3 atom stereocenters. The molecule has 1 aromatic carbocycles. The number of nitrogens with zero attached hydrogens (tertiary/aromatic N) is 1.